The van der Waals surface area contributed by atoms with Gasteiger partial charge in [-0.05, 0) is 41.8 Å². The van der Waals surface area contributed by atoms with Crippen molar-refractivity contribution in [3.05, 3.63) is 22.3 Å². The van der Waals surface area contributed by atoms with Crippen LogP contribution in [0.25, 0.3) is 0 Å². The first-order chi connectivity index (χ1) is 9.11. The lowest BCUT2D eigenvalue weighted by atomic mass is 10.1. The molecule has 6 heteroatoms. The number of pyridine rings is 1. The molecule has 2 rings (SSSR count). The number of aromatic nitrogens is 1. The van der Waals surface area contributed by atoms with Gasteiger partial charge >= 0.3 is 5.97 Å². The third-order valence-electron chi connectivity index (χ3n) is 3.21. The van der Waals surface area contributed by atoms with E-state index in [4.69, 9.17) is 4.74 Å². The summed E-state index contributed by atoms with van der Waals surface area (Å²) in [6, 6.07) is 1.60. The highest BCUT2D eigenvalue weighted by atomic mass is 79.9. The first-order valence-electron chi connectivity index (χ1n) is 6.37. The summed E-state index contributed by atoms with van der Waals surface area (Å²) >= 11 is 3.25. The van der Waals surface area contributed by atoms with Gasteiger partial charge in [-0.3, -0.25) is 0 Å². The van der Waals surface area contributed by atoms with Crippen molar-refractivity contribution in [1.82, 2.24) is 4.98 Å². The van der Waals surface area contributed by atoms with Crippen LogP contribution in [0, 0.1) is 0 Å². The van der Waals surface area contributed by atoms with E-state index >= 15 is 0 Å². The molecule has 1 aliphatic heterocycles. The van der Waals surface area contributed by atoms with Crippen LogP contribution in [0.1, 0.15) is 30.1 Å². The number of carboxylic acids is 1. The van der Waals surface area contributed by atoms with Crippen molar-refractivity contribution in [1.29, 1.82) is 0 Å². The number of aromatic carboxylic acids is 1. The highest BCUT2D eigenvalue weighted by Gasteiger charge is 2.24. The van der Waals surface area contributed by atoms with Crippen molar-refractivity contribution in [3.63, 3.8) is 0 Å². The highest BCUT2D eigenvalue weighted by Crippen LogP contribution is 2.25. The fourth-order valence-corrected chi connectivity index (χ4v) is 2.64. The van der Waals surface area contributed by atoms with Gasteiger partial charge in [-0.2, -0.15) is 0 Å². The molecule has 0 bridgehead atoms. The topological polar surface area (TPSA) is 62.7 Å². The molecule has 1 aromatic heterocycles. The minimum absolute atomic E-state index is 0.240. The quantitative estimate of drug-likeness (QED) is 0.920. The van der Waals surface area contributed by atoms with Crippen LogP contribution in [0.5, 0.6) is 0 Å². The molecule has 0 aliphatic carbocycles. The number of hydrogen-bond donors (Lipinski definition) is 1. The van der Waals surface area contributed by atoms with E-state index < -0.39 is 5.97 Å². The third-order valence-corrected chi connectivity index (χ3v) is 3.64. The predicted molar refractivity (Wildman–Crippen MR) is 75.8 cm³/mol. The number of anilines is 1. The Hall–Kier alpha value is -1.14. The molecule has 1 aliphatic rings. The molecule has 1 aromatic rings. The fourth-order valence-electron chi connectivity index (χ4n) is 2.31. The van der Waals surface area contributed by atoms with Crippen molar-refractivity contribution in [3.8, 4) is 0 Å². The molecule has 2 heterocycles. The van der Waals surface area contributed by atoms with E-state index in [2.05, 4.69) is 20.9 Å². The molecular weight excluding hydrogens is 312 g/mol. The molecule has 1 saturated heterocycles. The van der Waals surface area contributed by atoms with E-state index in [-0.39, 0.29) is 11.7 Å². The summed E-state index contributed by atoms with van der Waals surface area (Å²) in [7, 11) is 0. The lowest BCUT2D eigenvalue weighted by Crippen LogP contribution is -2.38. The summed E-state index contributed by atoms with van der Waals surface area (Å²) in [5.74, 6) is -0.401. The lowest BCUT2D eigenvalue weighted by molar-refractivity contribution is 0.0458. The summed E-state index contributed by atoms with van der Waals surface area (Å²) in [6.45, 7) is 4.27. The average molecular weight is 329 g/mol. The molecule has 1 fully saturated rings. The first-order valence-corrected chi connectivity index (χ1v) is 7.16. The summed E-state index contributed by atoms with van der Waals surface area (Å²) < 4.78 is 6.27. The number of hydrogen-bond acceptors (Lipinski definition) is 4. The maximum atomic E-state index is 11.3. The second-order valence-electron chi connectivity index (χ2n) is 4.47. The Morgan fingerprint density at radius 3 is 2.84 bits per heavy atom. The Morgan fingerprint density at radius 1 is 1.58 bits per heavy atom. The summed E-state index contributed by atoms with van der Waals surface area (Å²) in [4.78, 5) is 17.5. The highest BCUT2D eigenvalue weighted by molar-refractivity contribution is 9.10. The van der Waals surface area contributed by atoms with Gasteiger partial charge in [0.1, 0.15) is 11.4 Å². The number of carbonyl (C=O) groups is 1. The molecule has 19 heavy (non-hydrogen) atoms. The lowest BCUT2D eigenvalue weighted by Gasteiger charge is -2.33. The molecule has 104 valence electrons. The Labute approximate surface area is 120 Å². The first kappa shape index (κ1) is 14.3. The van der Waals surface area contributed by atoms with E-state index in [0.29, 0.717) is 10.3 Å². The van der Waals surface area contributed by atoms with Crippen LogP contribution in [0.4, 0.5) is 5.82 Å². The van der Waals surface area contributed by atoms with Gasteiger partial charge in [-0.1, -0.05) is 0 Å². The zero-order valence-corrected chi connectivity index (χ0v) is 12.4. The van der Waals surface area contributed by atoms with Crippen LogP contribution >= 0.6 is 15.9 Å². The molecule has 5 nitrogen and oxygen atoms in total. The van der Waals surface area contributed by atoms with Crippen molar-refractivity contribution in [2.45, 2.75) is 25.9 Å². The minimum Gasteiger partial charge on any atom is -0.478 e. The Morgan fingerprint density at radius 2 is 2.26 bits per heavy atom. The molecule has 0 unspecified atom stereocenters. The summed E-state index contributed by atoms with van der Waals surface area (Å²) in [6.07, 6.45) is 3.73. The maximum absolute atomic E-state index is 11.3. The Bertz CT molecular complexity index is 459. The van der Waals surface area contributed by atoms with Gasteiger partial charge in [0.15, 0.2) is 0 Å². The van der Waals surface area contributed by atoms with Crippen molar-refractivity contribution < 1.29 is 14.6 Å². The average Bonchev–Trinajstić information content (AvgIpc) is 2.40. The van der Waals surface area contributed by atoms with E-state index in [0.717, 1.165) is 32.5 Å². The number of halogens is 1. The molecule has 0 radical (unpaired) electrons. The van der Waals surface area contributed by atoms with E-state index in [1.54, 1.807) is 12.3 Å². The number of rotatable bonds is 4. The van der Waals surface area contributed by atoms with E-state index in [1.807, 2.05) is 11.8 Å². The molecule has 0 saturated carbocycles. The van der Waals surface area contributed by atoms with Gasteiger partial charge in [-0.15, -0.1) is 0 Å². The molecular formula is C13H17BrN2O3. The zero-order chi connectivity index (χ0) is 13.8. The van der Waals surface area contributed by atoms with Gasteiger partial charge in [0, 0.05) is 30.4 Å². The van der Waals surface area contributed by atoms with Crippen LogP contribution in [0.3, 0.4) is 0 Å². The van der Waals surface area contributed by atoms with Gasteiger partial charge in [0.2, 0.25) is 0 Å². The number of piperidine rings is 1. The van der Waals surface area contributed by atoms with Gasteiger partial charge < -0.3 is 14.7 Å². The zero-order valence-electron chi connectivity index (χ0n) is 10.8. The normalized spacial score (nSPS) is 16.6. The van der Waals surface area contributed by atoms with Crippen LogP contribution in [-0.4, -0.2) is 41.9 Å². The summed E-state index contributed by atoms with van der Waals surface area (Å²) in [5.41, 5.74) is 0.240. The van der Waals surface area contributed by atoms with E-state index in [1.165, 1.54) is 0 Å². The standard InChI is InChI=1S/C13H17BrN2O3/c1-2-19-10-3-5-16(6-4-10)12-11(13(17)18)7-9(14)8-15-12/h7-8,10H,2-6H2,1H3,(H,17,18). The van der Waals surface area contributed by atoms with Crippen molar-refractivity contribution >= 4 is 27.7 Å². The molecule has 0 aromatic carbocycles. The van der Waals surface area contributed by atoms with Crippen molar-refractivity contribution in [2.75, 3.05) is 24.6 Å². The van der Waals surface area contributed by atoms with Gasteiger partial charge in [0.05, 0.1) is 6.10 Å². The minimum atomic E-state index is -0.948. The van der Waals surface area contributed by atoms with Gasteiger partial charge in [0.25, 0.3) is 0 Å². The smallest absolute Gasteiger partial charge is 0.339 e. The van der Waals surface area contributed by atoms with Crippen LogP contribution in [0.2, 0.25) is 0 Å². The van der Waals surface area contributed by atoms with Gasteiger partial charge in [-0.25, -0.2) is 9.78 Å². The van der Waals surface area contributed by atoms with Crippen LogP contribution < -0.4 is 4.90 Å². The monoisotopic (exact) mass is 328 g/mol. The molecule has 1 N–H and O–H groups in total. The fraction of sp³-hybridized carbons (Fsp3) is 0.538. The predicted octanol–water partition coefficient (Wildman–Crippen LogP) is 2.55. The second-order valence-corrected chi connectivity index (χ2v) is 5.39. The number of ether oxygens (including phenoxy) is 1. The molecule has 0 spiro atoms. The number of nitrogens with zero attached hydrogens (tertiary/aromatic N) is 2. The van der Waals surface area contributed by atoms with E-state index in [9.17, 15) is 9.90 Å². The number of carboxylic acid groups (broad SMARTS) is 1. The van der Waals surface area contributed by atoms with Crippen LogP contribution in [0.15, 0.2) is 16.7 Å². The SMILES string of the molecule is CCOC1CCN(c2ncc(Br)cc2C(=O)O)CC1. The second kappa shape index (κ2) is 6.34. The molecule has 0 amide bonds. The summed E-state index contributed by atoms with van der Waals surface area (Å²) in [5, 5.41) is 9.24. The largest absolute Gasteiger partial charge is 0.478 e. The van der Waals surface area contributed by atoms with Crippen molar-refractivity contribution in [2.24, 2.45) is 0 Å². The third kappa shape index (κ3) is 3.45. The van der Waals surface area contributed by atoms with Crippen LogP contribution in [-0.2, 0) is 4.74 Å². The Kier molecular flexibility index (Phi) is 4.76. The molecule has 0 atom stereocenters. The Balaban J connectivity index is 2.13. The maximum Gasteiger partial charge on any atom is 0.339 e.